The fraction of sp³-hybridized carbons (Fsp3) is 1.00. The lowest BCUT2D eigenvalue weighted by Gasteiger charge is -2.13. The quantitative estimate of drug-likeness (QED) is 0.555. The molecular weight excluding hydrogens is 102 g/mol. The Labute approximate surface area is 50.9 Å². The minimum Gasteiger partial charge on any atom is -0.165 e. The van der Waals surface area contributed by atoms with Crippen LogP contribution in [0.2, 0.25) is 0 Å². The standard InChI is InChI=1S/C6H14NO/c1-4-6(7-8)5(2)3/h5-7H,4H2,1-3H3. The smallest absolute Gasteiger partial charge is 0.0373 e. The van der Waals surface area contributed by atoms with E-state index >= 15 is 0 Å². The van der Waals surface area contributed by atoms with Gasteiger partial charge < -0.3 is 0 Å². The molecule has 0 saturated carbocycles. The van der Waals surface area contributed by atoms with Gasteiger partial charge in [0.15, 0.2) is 0 Å². The van der Waals surface area contributed by atoms with Crippen molar-refractivity contribution in [3.05, 3.63) is 0 Å². The first-order chi connectivity index (χ1) is 3.72. The van der Waals surface area contributed by atoms with Gasteiger partial charge in [0, 0.05) is 6.04 Å². The van der Waals surface area contributed by atoms with Crippen molar-refractivity contribution in [3.63, 3.8) is 0 Å². The Bertz CT molecular complexity index is 50.5. The van der Waals surface area contributed by atoms with Gasteiger partial charge in [-0.3, -0.25) is 0 Å². The number of hydrogen-bond acceptors (Lipinski definition) is 1. The predicted octanol–water partition coefficient (Wildman–Crippen LogP) is 1.36. The highest BCUT2D eigenvalue weighted by molar-refractivity contribution is 4.62. The first kappa shape index (κ1) is 7.92. The van der Waals surface area contributed by atoms with Gasteiger partial charge in [-0.1, -0.05) is 20.8 Å². The SMILES string of the molecule is CCC(N[O])C(C)C. The van der Waals surface area contributed by atoms with Crippen LogP contribution in [0.1, 0.15) is 27.2 Å². The normalized spacial score (nSPS) is 14.6. The molecule has 0 bridgehead atoms. The third-order valence-corrected chi connectivity index (χ3v) is 1.40. The molecule has 1 unspecified atom stereocenters. The third kappa shape index (κ3) is 2.28. The fourth-order valence-electron chi connectivity index (χ4n) is 0.691. The highest BCUT2D eigenvalue weighted by Gasteiger charge is 2.07. The summed E-state index contributed by atoms with van der Waals surface area (Å²) in [6.07, 6.45) is 0.918. The second kappa shape index (κ2) is 3.87. The van der Waals surface area contributed by atoms with Crippen molar-refractivity contribution in [2.45, 2.75) is 33.2 Å². The molecule has 0 aliphatic carbocycles. The first-order valence-corrected chi connectivity index (χ1v) is 3.10. The lowest BCUT2D eigenvalue weighted by molar-refractivity contribution is 0.0283. The van der Waals surface area contributed by atoms with Crippen molar-refractivity contribution in [3.8, 4) is 0 Å². The first-order valence-electron chi connectivity index (χ1n) is 3.10. The average molecular weight is 116 g/mol. The molecule has 0 fully saturated rings. The Balaban J connectivity index is 3.35. The minimum absolute atomic E-state index is 0.148. The molecule has 0 heterocycles. The zero-order chi connectivity index (χ0) is 6.57. The molecule has 0 aromatic rings. The van der Waals surface area contributed by atoms with Crippen LogP contribution in [0.5, 0.6) is 0 Å². The van der Waals surface area contributed by atoms with Gasteiger partial charge in [-0.2, -0.15) is 5.48 Å². The lowest BCUT2D eigenvalue weighted by atomic mass is 10.0. The summed E-state index contributed by atoms with van der Waals surface area (Å²) in [6, 6.07) is 0.148. The molecule has 0 aliphatic rings. The van der Waals surface area contributed by atoms with Gasteiger partial charge in [0.25, 0.3) is 0 Å². The molecule has 2 nitrogen and oxygen atoms in total. The third-order valence-electron chi connectivity index (χ3n) is 1.40. The maximum atomic E-state index is 10.1. The van der Waals surface area contributed by atoms with Crippen molar-refractivity contribution in [2.75, 3.05) is 0 Å². The fourth-order valence-corrected chi connectivity index (χ4v) is 0.691. The Hall–Kier alpha value is -0.0800. The van der Waals surface area contributed by atoms with Crippen molar-refractivity contribution in [2.24, 2.45) is 5.92 Å². The molecule has 0 aromatic carbocycles. The molecule has 0 saturated heterocycles. The van der Waals surface area contributed by atoms with Crippen LogP contribution in [0.15, 0.2) is 0 Å². The zero-order valence-electron chi connectivity index (χ0n) is 5.77. The summed E-state index contributed by atoms with van der Waals surface area (Å²) in [6.45, 7) is 6.09. The maximum Gasteiger partial charge on any atom is 0.0373 e. The van der Waals surface area contributed by atoms with Crippen molar-refractivity contribution < 1.29 is 5.21 Å². The van der Waals surface area contributed by atoms with E-state index in [9.17, 15) is 5.21 Å². The molecule has 2 heteroatoms. The molecule has 1 N–H and O–H groups in total. The molecule has 1 atom stereocenters. The molecular formula is C6H14NO. The van der Waals surface area contributed by atoms with Crippen LogP contribution in [0, 0.1) is 5.92 Å². The zero-order valence-corrected chi connectivity index (χ0v) is 5.77. The molecule has 0 rings (SSSR count). The van der Waals surface area contributed by atoms with Gasteiger partial charge in [0.1, 0.15) is 0 Å². The highest BCUT2D eigenvalue weighted by Crippen LogP contribution is 2.03. The summed E-state index contributed by atoms with van der Waals surface area (Å²) < 4.78 is 0. The van der Waals surface area contributed by atoms with Crippen molar-refractivity contribution in [1.29, 1.82) is 0 Å². The summed E-state index contributed by atoms with van der Waals surface area (Å²) in [5, 5.41) is 10.1. The average Bonchev–Trinajstić information content (AvgIpc) is 1.69. The van der Waals surface area contributed by atoms with Crippen LogP contribution in [0.25, 0.3) is 0 Å². The van der Waals surface area contributed by atoms with Crippen LogP contribution >= 0.6 is 0 Å². The van der Waals surface area contributed by atoms with E-state index in [1.807, 2.05) is 26.3 Å². The number of hydrogen-bond donors (Lipinski definition) is 1. The molecule has 0 aliphatic heterocycles. The van der Waals surface area contributed by atoms with E-state index in [2.05, 4.69) is 0 Å². The van der Waals surface area contributed by atoms with Crippen LogP contribution in [-0.2, 0) is 5.21 Å². The summed E-state index contributed by atoms with van der Waals surface area (Å²) in [5.41, 5.74) is 2.00. The van der Waals surface area contributed by atoms with E-state index in [4.69, 9.17) is 0 Å². The molecule has 1 radical (unpaired) electrons. The highest BCUT2D eigenvalue weighted by atomic mass is 16.5. The van der Waals surface area contributed by atoms with E-state index < -0.39 is 0 Å². The van der Waals surface area contributed by atoms with Crippen LogP contribution in [-0.4, -0.2) is 6.04 Å². The largest absolute Gasteiger partial charge is 0.165 e. The monoisotopic (exact) mass is 116 g/mol. The number of nitrogens with one attached hydrogen (secondary N) is 1. The molecule has 0 aromatic heterocycles. The van der Waals surface area contributed by atoms with Crippen molar-refractivity contribution in [1.82, 2.24) is 5.48 Å². The van der Waals surface area contributed by atoms with Crippen molar-refractivity contribution >= 4 is 0 Å². The molecule has 49 valence electrons. The van der Waals surface area contributed by atoms with E-state index in [-0.39, 0.29) is 6.04 Å². The second-order valence-electron chi connectivity index (χ2n) is 2.38. The summed E-state index contributed by atoms with van der Waals surface area (Å²) in [7, 11) is 0. The van der Waals surface area contributed by atoms with Gasteiger partial charge in [0.05, 0.1) is 0 Å². The van der Waals surface area contributed by atoms with Gasteiger partial charge in [-0.15, -0.1) is 5.21 Å². The maximum absolute atomic E-state index is 10.1. The topological polar surface area (TPSA) is 31.9 Å². The number of rotatable bonds is 3. The van der Waals surface area contributed by atoms with E-state index in [0.717, 1.165) is 6.42 Å². The summed E-state index contributed by atoms with van der Waals surface area (Å²) in [5.74, 6) is 0.456. The predicted molar refractivity (Wildman–Crippen MR) is 32.7 cm³/mol. The van der Waals surface area contributed by atoms with Gasteiger partial charge in [-0.05, 0) is 12.3 Å². The Kier molecular flexibility index (Phi) is 3.83. The van der Waals surface area contributed by atoms with Crippen LogP contribution in [0.4, 0.5) is 0 Å². The lowest BCUT2D eigenvalue weighted by Crippen LogP contribution is -2.28. The van der Waals surface area contributed by atoms with E-state index in [0.29, 0.717) is 5.92 Å². The summed E-state index contributed by atoms with van der Waals surface area (Å²) >= 11 is 0. The van der Waals surface area contributed by atoms with Gasteiger partial charge in [0.2, 0.25) is 0 Å². The summed E-state index contributed by atoms with van der Waals surface area (Å²) in [4.78, 5) is 0. The Morgan fingerprint density at radius 3 is 2.00 bits per heavy atom. The second-order valence-corrected chi connectivity index (χ2v) is 2.38. The van der Waals surface area contributed by atoms with Gasteiger partial charge >= 0.3 is 0 Å². The Morgan fingerprint density at radius 2 is 2.00 bits per heavy atom. The van der Waals surface area contributed by atoms with E-state index in [1.165, 1.54) is 0 Å². The Morgan fingerprint density at radius 1 is 1.50 bits per heavy atom. The van der Waals surface area contributed by atoms with E-state index in [1.54, 1.807) is 0 Å². The molecule has 8 heavy (non-hydrogen) atoms. The van der Waals surface area contributed by atoms with Crippen LogP contribution < -0.4 is 5.48 Å². The molecule has 0 spiro atoms. The minimum atomic E-state index is 0.148. The number of hydroxylamine groups is 1. The molecule has 0 amide bonds. The van der Waals surface area contributed by atoms with Gasteiger partial charge in [-0.25, -0.2) is 0 Å². The van der Waals surface area contributed by atoms with Crippen LogP contribution in [0.3, 0.4) is 0 Å².